The van der Waals surface area contributed by atoms with Crippen molar-refractivity contribution in [3.8, 4) is 0 Å². The van der Waals surface area contributed by atoms with Gasteiger partial charge in [0, 0.05) is 13.5 Å². The van der Waals surface area contributed by atoms with Gasteiger partial charge in [-0.3, -0.25) is 4.79 Å². The van der Waals surface area contributed by atoms with Crippen LogP contribution in [0.2, 0.25) is 0 Å². The highest BCUT2D eigenvalue weighted by atomic mass is 32.2. The Morgan fingerprint density at radius 3 is 1.96 bits per heavy atom. The van der Waals surface area contributed by atoms with Gasteiger partial charge >= 0.3 is 0 Å². The quantitative estimate of drug-likeness (QED) is 0.787. The molecular weight excluding hydrogens is 360 g/mol. The third-order valence-corrected chi connectivity index (χ3v) is 5.87. The van der Waals surface area contributed by atoms with Gasteiger partial charge in [0.15, 0.2) is 0 Å². The summed E-state index contributed by atoms with van der Waals surface area (Å²) in [4.78, 5) is 14.3. The number of primary sulfonamides is 1. The molecule has 1 unspecified atom stereocenters. The molecule has 0 fully saturated rings. The van der Waals surface area contributed by atoms with Crippen molar-refractivity contribution in [3.63, 3.8) is 0 Å². The van der Waals surface area contributed by atoms with Gasteiger partial charge in [-0.15, -0.1) is 0 Å². The van der Waals surface area contributed by atoms with Crippen LogP contribution in [0.5, 0.6) is 0 Å². The molecule has 0 aromatic heterocycles. The minimum absolute atomic E-state index is 0.0472. The van der Waals surface area contributed by atoms with Crippen LogP contribution in [0.4, 0.5) is 0 Å². The summed E-state index contributed by atoms with van der Waals surface area (Å²) >= 11 is 0. The van der Waals surface area contributed by atoms with Crippen molar-refractivity contribution in [2.75, 3.05) is 7.05 Å². The van der Waals surface area contributed by atoms with Gasteiger partial charge in [0.1, 0.15) is 0 Å². The molecule has 2 rings (SSSR count). The molecule has 146 valence electrons. The van der Waals surface area contributed by atoms with E-state index in [1.54, 1.807) is 24.1 Å². The van der Waals surface area contributed by atoms with E-state index in [0.717, 1.165) is 11.1 Å². The van der Waals surface area contributed by atoms with Gasteiger partial charge in [-0.1, -0.05) is 50.2 Å². The summed E-state index contributed by atoms with van der Waals surface area (Å²) in [5.74, 6) is 0.541. The van der Waals surface area contributed by atoms with E-state index in [0.29, 0.717) is 18.8 Å². The molecule has 0 saturated heterocycles. The molecule has 27 heavy (non-hydrogen) atoms. The fourth-order valence-corrected chi connectivity index (χ4v) is 3.39. The number of rotatable bonds is 7. The zero-order valence-corrected chi connectivity index (χ0v) is 17.2. The minimum Gasteiger partial charge on any atom is -0.339 e. The molecule has 0 saturated carbocycles. The number of aryl methyl sites for hydroxylation is 1. The lowest BCUT2D eigenvalue weighted by molar-refractivity contribution is -0.131. The normalized spacial score (nSPS) is 12.8. The minimum atomic E-state index is -3.71. The van der Waals surface area contributed by atoms with Crippen LogP contribution in [0, 0.1) is 0 Å². The molecule has 2 N–H and O–H groups in total. The second kappa shape index (κ2) is 8.67. The number of nitrogens with two attached hydrogens (primary N) is 1. The van der Waals surface area contributed by atoms with E-state index in [4.69, 9.17) is 5.14 Å². The molecule has 0 spiro atoms. The first-order valence-electron chi connectivity index (χ1n) is 9.07. The first-order chi connectivity index (χ1) is 12.6. The zero-order valence-electron chi connectivity index (χ0n) is 16.3. The largest absolute Gasteiger partial charge is 0.339 e. The first-order valence-corrected chi connectivity index (χ1v) is 10.6. The standard InChI is InChI=1S/C21H28N2O3S/c1-15(2)18-8-5-17(6-9-18)7-14-21(24)23(4)16(3)19-10-12-20(13-11-19)27(22,25)26/h5-6,8-13,15-16H,7,14H2,1-4H3,(H2,22,25,26). The molecule has 0 aliphatic rings. The molecule has 1 atom stereocenters. The highest BCUT2D eigenvalue weighted by Gasteiger charge is 2.18. The Morgan fingerprint density at radius 2 is 1.48 bits per heavy atom. The second-order valence-corrected chi connectivity index (χ2v) is 8.75. The van der Waals surface area contributed by atoms with Gasteiger partial charge in [-0.05, 0) is 48.1 Å². The van der Waals surface area contributed by atoms with E-state index in [1.165, 1.54) is 17.7 Å². The molecule has 0 bridgehead atoms. The number of hydrogen-bond acceptors (Lipinski definition) is 3. The molecule has 1 amide bonds. The van der Waals surface area contributed by atoms with Crippen molar-refractivity contribution in [1.29, 1.82) is 0 Å². The van der Waals surface area contributed by atoms with Crippen LogP contribution in [0.3, 0.4) is 0 Å². The number of amides is 1. The smallest absolute Gasteiger partial charge is 0.238 e. The van der Waals surface area contributed by atoms with Crippen LogP contribution in [0.15, 0.2) is 53.4 Å². The van der Waals surface area contributed by atoms with Crippen molar-refractivity contribution in [2.24, 2.45) is 5.14 Å². The number of carbonyl (C=O) groups is 1. The Balaban J connectivity index is 1.97. The van der Waals surface area contributed by atoms with Crippen molar-refractivity contribution >= 4 is 15.9 Å². The molecule has 2 aromatic carbocycles. The summed E-state index contributed by atoms with van der Waals surface area (Å²) in [6.07, 6.45) is 1.12. The lowest BCUT2D eigenvalue weighted by Gasteiger charge is -2.25. The van der Waals surface area contributed by atoms with Crippen LogP contribution in [-0.4, -0.2) is 26.3 Å². The van der Waals surface area contributed by atoms with Gasteiger partial charge in [-0.25, -0.2) is 13.6 Å². The van der Waals surface area contributed by atoms with Crippen molar-refractivity contribution in [3.05, 3.63) is 65.2 Å². The van der Waals surface area contributed by atoms with Gasteiger partial charge in [-0.2, -0.15) is 0 Å². The van der Waals surface area contributed by atoms with Gasteiger partial charge in [0.25, 0.3) is 0 Å². The molecular formula is C21H28N2O3S. The summed E-state index contributed by atoms with van der Waals surface area (Å²) in [5, 5.41) is 5.12. The summed E-state index contributed by atoms with van der Waals surface area (Å²) in [7, 11) is -1.94. The summed E-state index contributed by atoms with van der Waals surface area (Å²) in [6, 6.07) is 14.6. The second-order valence-electron chi connectivity index (χ2n) is 7.19. The zero-order chi connectivity index (χ0) is 20.2. The lowest BCUT2D eigenvalue weighted by atomic mass is 10.00. The predicted octanol–water partition coefficient (Wildman–Crippen LogP) is 3.61. The number of benzene rings is 2. The van der Waals surface area contributed by atoms with Crippen molar-refractivity contribution in [2.45, 2.75) is 50.5 Å². The lowest BCUT2D eigenvalue weighted by Crippen LogP contribution is -2.29. The maximum absolute atomic E-state index is 12.5. The molecule has 6 heteroatoms. The topological polar surface area (TPSA) is 80.5 Å². The van der Waals surface area contributed by atoms with Gasteiger partial charge < -0.3 is 4.90 Å². The third-order valence-electron chi connectivity index (χ3n) is 4.94. The maximum atomic E-state index is 12.5. The summed E-state index contributed by atoms with van der Waals surface area (Å²) in [5.41, 5.74) is 3.30. The highest BCUT2D eigenvalue weighted by molar-refractivity contribution is 7.89. The monoisotopic (exact) mass is 388 g/mol. The van der Waals surface area contributed by atoms with Crippen LogP contribution in [-0.2, 0) is 21.2 Å². The van der Waals surface area contributed by atoms with E-state index >= 15 is 0 Å². The van der Waals surface area contributed by atoms with E-state index in [1.807, 2.05) is 6.92 Å². The van der Waals surface area contributed by atoms with Crippen LogP contribution >= 0.6 is 0 Å². The molecule has 2 aromatic rings. The highest BCUT2D eigenvalue weighted by Crippen LogP contribution is 2.22. The van der Waals surface area contributed by atoms with E-state index in [2.05, 4.69) is 38.1 Å². The molecule has 0 aliphatic heterocycles. The average Bonchev–Trinajstić information content (AvgIpc) is 2.64. The van der Waals surface area contributed by atoms with E-state index in [9.17, 15) is 13.2 Å². The van der Waals surface area contributed by atoms with Crippen molar-refractivity contribution in [1.82, 2.24) is 4.90 Å². The summed E-state index contributed by atoms with van der Waals surface area (Å²) in [6.45, 7) is 6.23. The Bertz CT molecular complexity index is 873. The van der Waals surface area contributed by atoms with Crippen LogP contribution < -0.4 is 5.14 Å². The molecule has 5 nitrogen and oxygen atoms in total. The Hall–Kier alpha value is -2.18. The van der Waals surface area contributed by atoms with Gasteiger partial charge in [0.05, 0.1) is 10.9 Å². The Kier molecular flexibility index (Phi) is 6.78. The molecule has 0 radical (unpaired) electrons. The molecule has 0 aliphatic carbocycles. The molecule has 0 heterocycles. The number of sulfonamides is 1. The number of hydrogen-bond donors (Lipinski definition) is 1. The maximum Gasteiger partial charge on any atom is 0.238 e. The first kappa shape index (κ1) is 21.1. The predicted molar refractivity (Wildman–Crippen MR) is 108 cm³/mol. The SMILES string of the molecule is CC(C)c1ccc(CCC(=O)N(C)C(C)c2ccc(S(N)(=O)=O)cc2)cc1. The van der Waals surface area contributed by atoms with E-state index in [-0.39, 0.29) is 16.8 Å². The van der Waals surface area contributed by atoms with Crippen LogP contribution in [0.1, 0.15) is 55.8 Å². The fourth-order valence-electron chi connectivity index (χ4n) is 2.87. The fraction of sp³-hybridized carbons (Fsp3) is 0.381. The third kappa shape index (κ3) is 5.65. The number of carbonyl (C=O) groups excluding carboxylic acids is 1. The van der Waals surface area contributed by atoms with Crippen LogP contribution in [0.25, 0.3) is 0 Å². The Labute approximate surface area is 162 Å². The van der Waals surface area contributed by atoms with Gasteiger partial charge in [0.2, 0.25) is 15.9 Å². The Morgan fingerprint density at radius 1 is 0.963 bits per heavy atom. The average molecular weight is 389 g/mol. The van der Waals surface area contributed by atoms with E-state index < -0.39 is 10.0 Å². The summed E-state index contributed by atoms with van der Waals surface area (Å²) < 4.78 is 22.7. The van der Waals surface area contributed by atoms with Crippen molar-refractivity contribution < 1.29 is 13.2 Å². The number of nitrogens with zero attached hydrogens (tertiary/aromatic N) is 1.